The summed E-state index contributed by atoms with van der Waals surface area (Å²) in [6.45, 7) is 4.17. The SMILES string of the molecule is CC(C)CC(N[C@]1(Cc2cccc(Cl)c2)C(=O)Nc2cc(Cl)ccc21)C(=O)NC1CCCC1. The largest absolute Gasteiger partial charge is 0.352 e. The Hall–Kier alpha value is -2.08. The lowest BCUT2D eigenvalue weighted by molar-refractivity contribution is -0.127. The molecule has 7 heteroatoms. The number of nitrogens with one attached hydrogen (secondary N) is 3. The molecule has 2 aromatic rings. The molecule has 0 saturated heterocycles. The molecule has 2 aliphatic rings. The number of benzene rings is 2. The summed E-state index contributed by atoms with van der Waals surface area (Å²) < 4.78 is 0. The van der Waals surface area contributed by atoms with Gasteiger partial charge in [0.25, 0.3) is 0 Å². The highest BCUT2D eigenvalue weighted by Gasteiger charge is 2.49. The van der Waals surface area contributed by atoms with Crippen LogP contribution in [-0.2, 0) is 21.5 Å². The minimum Gasteiger partial charge on any atom is -0.352 e. The molecular formula is C26H31Cl2N3O2. The van der Waals surface area contributed by atoms with Crippen LogP contribution in [0.15, 0.2) is 42.5 Å². The first-order valence-corrected chi connectivity index (χ1v) is 12.5. The first-order valence-electron chi connectivity index (χ1n) is 11.7. The second kappa shape index (κ2) is 10.0. The van der Waals surface area contributed by atoms with Gasteiger partial charge in [0.05, 0.1) is 6.04 Å². The highest BCUT2D eigenvalue weighted by atomic mass is 35.5. The monoisotopic (exact) mass is 487 g/mol. The minimum atomic E-state index is -1.11. The second-order valence-corrected chi connectivity index (χ2v) is 10.5. The lowest BCUT2D eigenvalue weighted by Crippen LogP contribution is -2.59. The Labute approximate surface area is 205 Å². The Morgan fingerprint density at radius 3 is 2.55 bits per heavy atom. The fraction of sp³-hybridized carbons (Fsp3) is 0.462. The third-order valence-corrected chi connectivity index (χ3v) is 7.05. The van der Waals surface area contributed by atoms with E-state index in [1.54, 1.807) is 12.1 Å². The topological polar surface area (TPSA) is 70.2 Å². The zero-order chi connectivity index (χ0) is 23.6. The van der Waals surface area contributed by atoms with E-state index in [0.717, 1.165) is 36.8 Å². The fourth-order valence-corrected chi connectivity index (χ4v) is 5.42. The van der Waals surface area contributed by atoms with Crippen LogP contribution in [0.2, 0.25) is 10.0 Å². The van der Waals surface area contributed by atoms with Crippen molar-refractivity contribution < 1.29 is 9.59 Å². The van der Waals surface area contributed by atoms with Crippen molar-refractivity contribution in [3.05, 3.63) is 63.6 Å². The van der Waals surface area contributed by atoms with E-state index < -0.39 is 11.6 Å². The Bertz CT molecular complexity index is 1040. The lowest BCUT2D eigenvalue weighted by Gasteiger charge is -2.34. The Kier molecular flexibility index (Phi) is 7.32. The van der Waals surface area contributed by atoms with Crippen LogP contribution in [0.25, 0.3) is 0 Å². The van der Waals surface area contributed by atoms with E-state index in [9.17, 15) is 9.59 Å². The van der Waals surface area contributed by atoms with Crippen LogP contribution in [0.1, 0.15) is 57.1 Å². The van der Waals surface area contributed by atoms with Crippen molar-refractivity contribution in [3.63, 3.8) is 0 Å². The lowest BCUT2D eigenvalue weighted by atomic mass is 9.83. The number of halogens is 2. The van der Waals surface area contributed by atoms with Crippen LogP contribution >= 0.6 is 23.2 Å². The van der Waals surface area contributed by atoms with E-state index in [0.29, 0.717) is 28.6 Å². The van der Waals surface area contributed by atoms with E-state index in [1.165, 1.54) is 0 Å². The average Bonchev–Trinajstić information content (AvgIpc) is 3.33. The van der Waals surface area contributed by atoms with Gasteiger partial charge in [-0.05, 0) is 55.0 Å². The molecule has 176 valence electrons. The van der Waals surface area contributed by atoms with Gasteiger partial charge in [0, 0.05) is 33.8 Å². The molecule has 1 aliphatic heterocycles. The molecule has 2 atom stereocenters. The van der Waals surface area contributed by atoms with Crippen molar-refractivity contribution in [2.45, 2.75) is 70.0 Å². The molecule has 2 amide bonds. The van der Waals surface area contributed by atoms with Crippen molar-refractivity contribution >= 4 is 40.7 Å². The summed E-state index contributed by atoms with van der Waals surface area (Å²) in [6.07, 6.45) is 5.28. The molecule has 5 nitrogen and oxygen atoms in total. The number of fused-ring (bicyclic) bond motifs is 1. The molecule has 1 unspecified atom stereocenters. The van der Waals surface area contributed by atoms with E-state index >= 15 is 0 Å². The molecule has 3 N–H and O–H groups in total. The summed E-state index contributed by atoms with van der Waals surface area (Å²) in [5.74, 6) is 0.0349. The molecule has 1 saturated carbocycles. The van der Waals surface area contributed by atoms with Gasteiger partial charge in [-0.2, -0.15) is 0 Å². The maximum absolute atomic E-state index is 13.6. The number of hydrogen-bond donors (Lipinski definition) is 3. The highest BCUT2D eigenvalue weighted by molar-refractivity contribution is 6.31. The summed E-state index contributed by atoms with van der Waals surface area (Å²) >= 11 is 12.5. The maximum Gasteiger partial charge on any atom is 0.249 e. The van der Waals surface area contributed by atoms with Gasteiger partial charge in [-0.1, -0.05) is 68.1 Å². The number of carbonyl (C=O) groups excluding carboxylic acids is 2. The summed E-state index contributed by atoms with van der Waals surface area (Å²) in [4.78, 5) is 27.0. The highest BCUT2D eigenvalue weighted by Crippen LogP contribution is 2.41. The van der Waals surface area contributed by atoms with Gasteiger partial charge >= 0.3 is 0 Å². The minimum absolute atomic E-state index is 0.0451. The average molecular weight is 488 g/mol. The van der Waals surface area contributed by atoms with Crippen LogP contribution in [0.5, 0.6) is 0 Å². The number of hydrogen-bond acceptors (Lipinski definition) is 3. The van der Waals surface area contributed by atoms with E-state index in [4.69, 9.17) is 23.2 Å². The maximum atomic E-state index is 13.6. The third-order valence-electron chi connectivity index (χ3n) is 6.58. The van der Waals surface area contributed by atoms with Crippen molar-refractivity contribution in [1.29, 1.82) is 0 Å². The summed E-state index contributed by atoms with van der Waals surface area (Å²) in [5.41, 5.74) is 1.25. The van der Waals surface area contributed by atoms with Crippen LogP contribution in [0, 0.1) is 5.92 Å². The molecule has 0 bridgehead atoms. The smallest absolute Gasteiger partial charge is 0.249 e. The van der Waals surface area contributed by atoms with Gasteiger partial charge in [0.2, 0.25) is 11.8 Å². The molecular weight excluding hydrogens is 457 g/mol. The molecule has 33 heavy (non-hydrogen) atoms. The quantitative estimate of drug-likeness (QED) is 0.463. The summed E-state index contributed by atoms with van der Waals surface area (Å²) in [5, 5.41) is 10.9. The molecule has 1 aliphatic carbocycles. The number of carbonyl (C=O) groups is 2. The van der Waals surface area contributed by atoms with Crippen LogP contribution in [-0.4, -0.2) is 23.9 Å². The van der Waals surface area contributed by atoms with Gasteiger partial charge in [-0.15, -0.1) is 0 Å². The van der Waals surface area contributed by atoms with Gasteiger partial charge in [0.15, 0.2) is 0 Å². The molecule has 0 radical (unpaired) electrons. The van der Waals surface area contributed by atoms with Gasteiger partial charge in [-0.3, -0.25) is 14.9 Å². The zero-order valence-corrected chi connectivity index (χ0v) is 20.6. The standard InChI is InChI=1S/C26H31Cl2N3O2/c1-16(2)12-23(24(32)29-20-8-3-4-9-20)31-26(15-17-6-5-7-18(27)13-17)21-11-10-19(28)14-22(21)30-25(26)33/h5-7,10-11,13-14,16,20,23,31H,3-4,8-9,12,15H2,1-2H3,(H,29,32)(H,30,33)/t23?,26-/m0/s1. The number of amides is 2. The zero-order valence-electron chi connectivity index (χ0n) is 19.1. The molecule has 4 rings (SSSR count). The Morgan fingerprint density at radius 1 is 1.12 bits per heavy atom. The van der Waals surface area contributed by atoms with Gasteiger partial charge in [0.1, 0.15) is 5.54 Å². The van der Waals surface area contributed by atoms with Crippen molar-refractivity contribution in [2.75, 3.05) is 5.32 Å². The van der Waals surface area contributed by atoms with E-state index in [-0.39, 0.29) is 23.8 Å². The van der Waals surface area contributed by atoms with Gasteiger partial charge in [-0.25, -0.2) is 0 Å². The molecule has 0 spiro atoms. The Balaban J connectivity index is 1.72. The van der Waals surface area contributed by atoms with Gasteiger partial charge < -0.3 is 10.6 Å². The molecule has 2 aromatic carbocycles. The first-order chi connectivity index (χ1) is 15.8. The van der Waals surface area contributed by atoms with Crippen LogP contribution in [0.4, 0.5) is 5.69 Å². The van der Waals surface area contributed by atoms with Crippen molar-refractivity contribution in [3.8, 4) is 0 Å². The second-order valence-electron chi connectivity index (χ2n) is 9.67. The van der Waals surface area contributed by atoms with E-state index in [1.807, 2.05) is 30.3 Å². The molecule has 1 heterocycles. The summed E-state index contributed by atoms with van der Waals surface area (Å²) in [6, 6.07) is 12.6. The predicted molar refractivity (Wildman–Crippen MR) is 134 cm³/mol. The normalized spacial score (nSPS) is 21.2. The van der Waals surface area contributed by atoms with Crippen LogP contribution in [0.3, 0.4) is 0 Å². The van der Waals surface area contributed by atoms with E-state index in [2.05, 4.69) is 29.8 Å². The van der Waals surface area contributed by atoms with Crippen molar-refractivity contribution in [1.82, 2.24) is 10.6 Å². The fourth-order valence-electron chi connectivity index (χ4n) is 5.04. The number of rotatable bonds is 8. The number of anilines is 1. The first kappa shape index (κ1) is 24.1. The van der Waals surface area contributed by atoms with Crippen LogP contribution < -0.4 is 16.0 Å². The van der Waals surface area contributed by atoms with Crippen molar-refractivity contribution in [2.24, 2.45) is 5.92 Å². The molecule has 0 aromatic heterocycles. The summed E-state index contributed by atoms with van der Waals surface area (Å²) in [7, 11) is 0. The third kappa shape index (κ3) is 5.37. The predicted octanol–water partition coefficient (Wildman–Crippen LogP) is 5.45. The Morgan fingerprint density at radius 2 is 1.85 bits per heavy atom. The molecule has 1 fully saturated rings.